The third kappa shape index (κ3) is 2.15. The first kappa shape index (κ1) is 9.46. The minimum absolute atomic E-state index is 0.101. The lowest BCUT2D eigenvalue weighted by atomic mass is 10.2. The molecule has 1 saturated heterocycles. The van der Waals surface area contributed by atoms with Crippen molar-refractivity contribution < 1.29 is 4.79 Å². The van der Waals surface area contributed by atoms with Crippen LogP contribution in [-0.2, 0) is 4.79 Å². The molecule has 1 heterocycles. The van der Waals surface area contributed by atoms with E-state index in [9.17, 15) is 4.79 Å². The second kappa shape index (κ2) is 3.85. The number of hydrogen-bond acceptors (Lipinski definition) is 3. The summed E-state index contributed by atoms with van der Waals surface area (Å²) >= 11 is 3.61. The Hall–Kier alpha value is 0.370. The summed E-state index contributed by atoms with van der Waals surface area (Å²) in [6.45, 7) is 4.12. The van der Waals surface area contributed by atoms with Crippen molar-refractivity contribution in [3.63, 3.8) is 0 Å². The van der Waals surface area contributed by atoms with Crippen LogP contribution in [0.4, 0.5) is 0 Å². The minimum Gasteiger partial charge on any atom is -0.297 e. The SMILES string of the molecule is CCCC(=O)C1(C)SCCS1. The van der Waals surface area contributed by atoms with Crippen molar-refractivity contribution in [2.45, 2.75) is 30.8 Å². The van der Waals surface area contributed by atoms with E-state index in [0.717, 1.165) is 24.3 Å². The zero-order valence-corrected chi connectivity index (χ0v) is 8.69. The summed E-state index contributed by atoms with van der Waals surface area (Å²) in [6, 6.07) is 0. The molecule has 0 N–H and O–H groups in total. The van der Waals surface area contributed by atoms with Gasteiger partial charge in [0.1, 0.15) is 4.08 Å². The van der Waals surface area contributed by atoms with Gasteiger partial charge in [-0.25, -0.2) is 0 Å². The highest BCUT2D eigenvalue weighted by atomic mass is 32.2. The van der Waals surface area contributed by atoms with Crippen LogP contribution in [0.2, 0.25) is 0 Å². The topological polar surface area (TPSA) is 17.1 Å². The van der Waals surface area contributed by atoms with Gasteiger partial charge in [0.05, 0.1) is 0 Å². The Balaban J connectivity index is 2.49. The lowest BCUT2D eigenvalue weighted by Gasteiger charge is -2.19. The van der Waals surface area contributed by atoms with Crippen LogP contribution in [0.3, 0.4) is 0 Å². The second-order valence-corrected chi connectivity index (χ2v) is 6.10. The maximum absolute atomic E-state index is 11.5. The van der Waals surface area contributed by atoms with Crippen LogP contribution in [-0.4, -0.2) is 21.4 Å². The fourth-order valence-corrected chi connectivity index (χ4v) is 3.93. The smallest absolute Gasteiger partial charge is 0.158 e. The van der Waals surface area contributed by atoms with Gasteiger partial charge in [-0.2, -0.15) is 0 Å². The molecule has 11 heavy (non-hydrogen) atoms. The summed E-state index contributed by atoms with van der Waals surface area (Å²) in [7, 11) is 0. The van der Waals surface area contributed by atoms with Crippen LogP contribution in [0.15, 0.2) is 0 Å². The summed E-state index contributed by atoms with van der Waals surface area (Å²) in [6.07, 6.45) is 1.73. The van der Waals surface area contributed by atoms with Crippen molar-refractivity contribution in [1.82, 2.24) is 0 Å². The molecule has 1 fully saturated rings. The Morgan fingerprint density at radius 3 is 2.45 bits per heavy atom. The van der Waals surface area contributed by atoms with Gasteiger partial charge in [0.15, 0.2) is 5.78 Å². The minimum atomic E-state index is -0.101. The van der Waals surface area contributed by atoms with Gasteiger partial charge in [0.25, 0.3) is 0 Å². The van der Waals surface area contributed by atoms with Crippen LogP contribution < -0.4 is 0 Å². The Morgan fingerprint density at radius 2 is 2.00 bits per heavy atom. The van der Waals surface area contributed by atoms with E-state index >= 15 is 0 Å². The molecule has 1 aliphatic rings. The number of hydrogen-bond donors (Lipinski definition) is 0. The van der Waals surface area contributed by atoms with Crippen LogP contribution in [0.25, 0.3) is 0 Å². The fraction of sp³-hybridized carbons (Fsp3) is 0.875. The van der Waals surface area contributed by atoms with Crippen molar-refractivity contribution in [1.29, 1.82) is 0 Å². The van der Waals surface area contributed by atoms with Crippen molar-refractivity contribution in [2.24, 2.45) is 0 Å². The number of ketones is 1. The molecule has 0 unspecified atom stereocenters. The molecule has 0 saturated carbocycles. The average molecular weight is 190 g/mol. The van der Waals surface area contributed by atoms with Crippen molar-refractivity contribution >= 4 is 29.3 Å². The summed E-state index contributed by atoms with van der Waals surface area (Å²) in [5.41, 5.74) is 0. The molecule has 0 aromatic rings. The standard InChI is InChI=1S/C8H14OS2/c1-3-4-7(9)8(2)10-5-6-11-8/h3-6H2,1-2H3. The van der Waals surface area contributed by atoms with Gasteiger partial charge < -0.3 is 0 Å². The zero-order chi connectivity index (χ0) is 8.32. The van der Waals surface area contributed by atoms with Gasteiger partial charge in [0, 0.05) is 17.9 Å². The number of rotatable bonds is 3. The van der Waals surface area contributed by atoms with Gasteiger partial charge in [-0.05, 0) is 13.3 Å². The predicted molar refractivity (Wildman–Crippen MR) is 53.2 cm³/mol. The first-order chi connectivity index (χ1) is 5.19. The van der Waals surface area contributed by atoms with E-state index in [-0.39, 0.29) is 4.08 Å². The molecule has 0 radical (unpaired) electrons. The molecule has 0 aromatic carbocycles. The van der Waals surface area contributed by atoms with Gasteiger partial charge in [0.2, 0.25) is 0 Å². The summed E-state index contributed by atoms with van der Waals surface area (Å²) < 4.78 is -0.101. The highest BCUT2D eigenvalue weighted by molar-refractivity contribution is 8.22. The van der Waals surface area contributed by atoms with E-state index in [4.69, 9.17) is 0 Å². The fourth-order valence-electron chi connectivity index (χ4n) is 1.13. The maximum Gasteiger partial charge on any atom is 0.158 e. The lowest BCUT2D eigenvalue weighted by Crippen LogP contribution is -2.24. The molecule has 0 aromatic heterocycles. The van der Waals surface area contributed by atoms with Crippen molar-refractivity contribution in [3.8, 4) is 0 Å². The predicted octanol–water partition coefficient (Wildman–Crippen LogP) is 2.55. The molecule has 0 bridgehead atoms. The van der Waals surface area contributed by atoms with E-state index in [1.807, 2.05) is 0 Å². The molecule has 64 valence electrons. The first-order valence-corrected chi connectivity index (χ1v) is 5.97. The van der Waals surface area contributed by atoms with E-state index in [2.05, 4.69) is 13.8 Å². The van der Waals surface area contributed by atoms with Gasteiger partial charge in [-0.15, -0.1) is 23.5 Å². The molecule has 0 atom stereocenters. The molecular weight excluding hydrogens is 176 g/mol. The van der Waals surface area contributed by atoms with Crippen molar-refractivity contribution in [2.75, 3.05) is 11.5 Å². The summed E-state index contributed by atoms with van der Waals surface area (Å²) in [5, 5.41) is 0. The Bertz CT molecular complexity index is 150. The Kier molecular flexibility index (Phi) is 3.31. The van der Waals surface area contributed by atoms with Crippen LogP contribution in [0, 0.1) is 0 Å². The molecule has 0 amide bonds. The lowest BCUT2D eigenvalue weighted by molar-refractivity contribution is -0.119. The highest BCUT2D eigenvalue weighted by Gasteiger charge is 2.36. The Labute approximate surface area is 76.7 Å². The molecule has 1 rings (SSSR count). The van der Waals surface area contributed by atoms with Crippen LogP contribution >= 0.6 is 23.5 Å². The molecular formula is C8H14OS2. The van der Waals surface area contributed by atoms with Gasteiger partial charge in [-0.1, -0.05) is 6.92 Å². The average Bonchev–Trinajstić information content (AvgIpc) is 2.38. The number of Topliss-reactive ketones (excluding diaryl/α,β-unsaturated/α-hetero) is 1. The quantitative estimate of drug-likeness (QED) is 0.681. The number of thioether (sulfide) groups is 2. The molecule has 0 spiro atoms. The second-order valence-electron chi connectivity index (χ2n) is 2.82. The zero-order valence-electron chi connectivity index (χ0n) is 7.05. The van der Waals surface area contributed by atoms with Gasteiger partial charge >= 0.3 is 0 Å². The summed E-state index contributed by atoms with van der Waals surface area (Å²) in [5.74, 6) is 2.69. The van der Waals surface area contributed by atoms with E-state index < -0.39 is 0 Å². The molecule has 1 aliphatic heterocycles. The van der Waals surface area contributed by atoms with Crippen molar-refractivity contribution in [3.05, 3.63) is 0 Å². The third-order valence-electron chi connectivity index (χ3n) is 1.82. The first-order valence-electron chi connectivity index (χ1n) is 4.00. The van der Waals surface area contributed by atoms with Crippen LogP contribution in [0.5, 0.6) is 0 Å². The third-order valence-corrected chi connectivity index (χ3v) is 5.16. The normalized spacial score (nSPS) is 22.0. The largest absolute Gasteiger partial charge is 0.297 e. The number of carbonyl (C=O) groups excluding carboxylic acids is 1. The molecule has 3 heteroatoms. The molecule has 0 aliphatic carbocycles. The number of carbonyl (C=O) groups is 1. The van der Waals surface area contributed by atoms with Gasteiger partial charge in [-0.3, -0.25) is 4.79 Å². The monoisotopic (exact) mass is 190 g/mol. The van der Waals surface area contributed by atoms with E-state index in [1.54, 1.807) is 23.5 Å². The maximum atomic E-state index is 11.5. The Morgan fingerprint density at radius 1 is 1.45 bits per heavy atom. The van der Waals surface area contributed by atoms with E-state index in [0.29, 0.717) is 5.78 Å². The summed E-state index contributed by atoms with van der Waals surface area (Å²) in [4.78, 5) is 11.5. The highest BCUT2D eigenvalue weighted by Crippen LogP contribution is 2.44. The molecule has 1 nitrogen and oxygen atoms in total. The van der Waals surface area contributed by atoms with E-state index in [1.165, 1.54) is 0 Å². The van der Waals surface area contributed by atoms with Crippen LogP contribution in [0.1, 0.15) is 26.7 Å².